The lowest BCUT2D eigenvalue weighted by atomic mass is 10.1. The van der Waals surface area contributed by atoms with E-state index in [4.69, 9.17) is 5.14 Å². The van der Waals surface area contributed by atoms with Crippen LogP contribution in [0.1, 0.15) is 28.9 Å². The van der Waals surface area contributed by atoms with Crippen LogP contribution in [0.3, 0.4) is 0 Å². The highest BCUT2D eigenvalue weighted by Crippen LogP contribution is 2.36. The first-order valence-electron chi connectivity index (χ1n) is 8.52. The van der Waals surface area contributed by atoms with Gasteiger partial charge in [-0.3, -0.25) is 9.59 Å². The fourth-order valence-corrected chi connectivity index (χ4v) is 4.42. The molecule has 8 nitrogen and oxygen atoms in total. The van der Waals surface area contributed by atoms with E-state index in [1.54, 1.807) is 12.1 Å². The lowest BCUT2D eigenvalue weighted by molar-refractivity contribution is 0.102. The molecule has 1 aliphatic heterocycles. The van der Waals surface area contributed by atoms with Crippen molar-refractivity contribution in [3.63, 3.8) is 0 Å². The van der Waals surface area contributed by atoms with E-state index < -0.39 is 32.8 Å². The number of pyridine rings is 1. The molecule has 1 unspecified atom stereocenters. The molecule has 1 amide bonds. The second-order valence-corrected chi connectivity index (χ2v) is 8.29. The van der Waals surface area contributed by atoms with Gasteiger partial charge in [-0.2, -0.15) is 0 Å². The third-order valence-corrected chi connectivity index (χ3v) is 5.88. The molecule has 3 aromatic rings. The molecule has 0 aliphatic carbocycles. The summed E-state index contributed by atoms with van der Waals surface area (Å²) in [5.41, 5.74) is 0.385. The first-order valence-corrected chi connectivity index (χ1v) is 10.1. The van der Waals surface area contributed by atoms with Gasteiger partial charge in [0, 0.05) is 11.4 Å². The summed E-state index contributed by atoms with van der Waals surface area (Å²) >= 11 is 0. The highest BCUT2D eigenvalue weighted by atomic mass is 32.2. The van der Waals surface area contributed by atoms with Gasteiger partial charge in [-0.1, -0.05) is 24.3 Å². The quantitative estimate of drug-likeness (QED) is 0.617. The molecule has 4 rings (SSSR count). The number of aromatic hydroxyl groups is 1. The zero-order valence-corrected chi connectivity index (χ0v) is 15.7. The highest BCUT2D eigenvalue weighted by Gasteiger charge is 2.29. The number of benzene rings is 2. The minimum atomic E-state index is -4.09. The van der Waals surface area contributed by atoms with Gasteiger partial charge in [-0.15, -0.1) is 0 Å². The minimum absolute atomic E-state index is 0.0721. The second kappa shape index (κ2) is 6.18. The number of nitrogens with zero attached hydrogens (tertiary/aromatic N) is 1. The van der Waals surface area contributed by atoms with Crippen LogP contribution in [0.5, 0.6) is 5.75 Å². The van der Waals surface area contributed by atoms with Gasteiger partial charge in [0.05, 0.1) is 11.2 Å². The number of carbonyl (C=O) groups is 1. The Bertz CT molecular complexity index is 1310. The smallest absolute Gasteiger partial charge is 0.268 e. The lowest BCUT2D eigenvalue weighted by Gasteiger charge is -2.15. The number of aromatic nitrogens is 1. The van der Waals surface area contributed by atoms with Crippen LogP contribution < -0.4 is 16.0 Å². The molecule has 0 radical (unpaired) electrons. The predicted molar refractivity (Wildman–Crippen MR) is 104 cm³/mol. The van der Waals surface area contributed by atoms with Crippen LogP contribution in [0.4, 0.5) is 5.69 Å². The number of amides is 1. The Hall–Kier alpha value is -3.17. The van der Waals surface area contributed by atoms with Crippen LogP contribution in [0, 0.1) is 0 Å². The number of hydrogen-bond acceptors (Lipinski definition) is 5. The number of nitrogens with two attached hydrogens (primary N) is 1. The van der Waals surface area contributed by atoms with Crippen LogP contribution in [-0.4, -0.2) is 24.0 Å². The second-order valence-electron chi connectivity index (χ2n) is 6.76. The highest BCUT2D eigenvalue weighted by molar-refractivity contribution is 7.89. The van der Waals surface area contributed by atoms with Gasteiger partial charge < -0.3 is 15.0 Å². The summed E-state index contributed by atoms with van der Waals surface area (Å²) in [7, 11) is -4.09. The lowest BCUT2D eigenvalue weighted by Crippen LogP contribution is -2.30. The number of primary sulfonamides is 1. The SMILES string of the molecule is CC1Cc2cccc3c(O)c(C(=O)Nc4ccccc4S(N)(=O)=O)c(=O)n1c23. The fourth-order valence-electron chi connectivity index (χ4n) is 3.73. The number of sulfonamides is 1. The van der Waals surface area contributed by atoms with Crippen molar-refractivity contribution >= 4 is 32.5 Å². The van der Waals surface area contributed by atoms with E-state index in [0.29, 0.717) is 17.3 Å². The molecule has 1 atom stereocenters. The van der Waals surface area contributed by atoms with Crippen LogP contribution in [0.25, 0.3) is 10.9 Å². The number of hydrogen-bond donors (Lipinski definition) is 3. The van der Waals surface area contributed by atoms with E-state index in [-0.39, 0.29) is 16.6 Å². The Morgan fingerprint density at radius 1 is 1.21 bits per heavy atom. The van der Waals surface area contributed by atoms with Gasteiger partial charge in [0.25, 0.3) is 11.5 Å². The molecular formula is C19H17N3O5S. The van der Waals surface area contributed by atoms with Crippen LogP contribution in [0.15, 0.2) is 52.2 Å². The molecule has 1 aliphatic rings. The summed E-state index contributed by atoms with van der Waals surface area (Å²) in [4.78, 5) is 25.6. The van der Waals surface area contributed by atoms with Crippen molar-refractivity contribution in [1.82, 2.24) is 4.57 Å². The van der Waals surface area contributed by atoms with Gasteiger partial charge in [-0.25, -0.2) is 13.6 Å². The average molecular weight is 399 g/mol. The van der Waals surface area contributed by atoms with E-state index in [2.05, 4.69) is 5.32 Å². The molecule has 9 heteroatoms. The van der Waals surface area contributed by atoms with E-state index in [1.165, 1.54) is 28.8 Å². The van der Waals surface area contributed by atoms with Gasteiger partial charge >= 0.3 is 0 Å². The Kier molecular flexibility index (Phi) is 4.02. The van der Waals surface area contributed by atoms with Crippen LogP contribution >= 0.6 is 0 Å². The third-order valence-electron chi connectivity index (χ3n) is 4.91. The first-order chi connectivity index (χ1) is 13.2. The largest absolute Gasteiger partial charge is 0.506 e. The summed E-state index contributed by atoms with van der Waals surface area (Å²) in [6.45, 7) is 1.86. The van der Waals surface area contributed by atoms with Crippen molar-refractivity contribution in [2.75, 3.05) is 5.32 Å². The van der Waals surface area contributed by atoms with Crippen molar-refractivity contribution in [2.45, 2.75) is 24.3 Å². The summed E-state index contributed by atoms with van der Waals surface area (Å²) in [6, 6.07) is 10.7. The summed E-state index contributed by atoms with van der Waals surface area (Å²) in [6.07, 6.45) is 0.616. The van der Waals surface area contributed by atoms with E-state index in [9.17, 15) is 23.1 Å². The normalized spacial score (nSPS) is 15.7. The fraction of sp³-hybridized carbons (Fsp3) is 0.158. The first kappa shape index (κ1) is 18.2. The Balaban J connectivity index is 1.89. The van der Waals surface area contributed by atoms with Crippen molar-refractivity contribution < 1.29 is 18.3 Å². The van der Waals surface area contributed by atoms with Crippen LogP contribution in [0.2, 0.25) is 0 Å². The molecular weight excluding hydrogens is 382 g/mol. The molecule has 0 fully saturated rings. The molecule has 0 saturated carbocycles. The Morgan fingerprint density at radius 2 is 1.93 bits per heavy atom. The average Bonchev–Trinajstić information content (AvgIpc) is 2.96. The van der Waals surface area contributed by atoms with Gasteiger partial charge in [0.15, 0.2) is 0 Å². The maximum absolute atomic E-state index is 13.0. The van der Waals surface area contributed by atoms with Crippen molar-refractivity contribution in [3.8, 4) is 5.75 Å². The van der Waals surface area contributed by atoms with Crippen molar-refractivity contribution in [3.05, 3.63) is 63.9 Å². The molecule has 0 saturated heterocycles. The summed E-state index contributed by atoms with van der Waals surface area (Å²) < 4.78 is 25.0. The van der Waals surface area contributed by atoms with Crippen molar-refractivity contribution in [1.29, 1.82) is 0 Å². The van der Waals surface area contributed by atoms with E-state index >= 15 is 0 Å². The van der Waals surface area contributed by atoms with Gasteiger partial charge in [0.2, 0.25) is 10.0 Å². The van der Waals surface area contributed by atoms with Crippen LogP contribution in [-0.2, 0) is 16.4 Å². The van der Waals surface area contributed by atoms with E-state index in [1.807, 2.05) is 13.0 Å². The standard InChI is InChI=1S/C19H17N3O5S/c1-10-9-11-5-4-6-12-16(11)22(10)19(25)15(17(12)23)18(24)21-13-7-2-3-8-14(13)28(20,26)27/h2-8,10,23H,9H2,1H3,(H,21,24)(H2,20,26,27). The van der Waals surface area contributed by atoms with Gasteiger partial charge in [0.1, 0.15) is 16.2 Å². The summed E-state index contributed by atoms with van der Waals surface area (Å²) in [5, 5.41) is 18.6. The van der Waals surface area contributed by atoms with Crippen molar-refractivity contribution in [2.24, 2.45) is 5.14 Å². The van der Waals surface area contributed by atoms with Gasteiger partial charge in [-0.05, 0) is 37.1 Å². The molecule has 0 bridgehead atoms. The Morgan fingerprint density at radius 3 is 2.64 bits per heavy atom. The molecule has 2 heterocycles. The number of para-hydroxylation sites is 2. The molecule has 2 aromatic carbocycles. The number of rotatable bonds is 3. The molecule has 144 valence electrons. The molecule has 1 aromatic heterocycles. The molecule has 4 N–H and O–H groups in total. The molecule has 28 heavy (non-hydrogen) atoms. The molecule has 0 spiro atoms. The zero-order valence-electron chi connectivity index (χ0n) is 14.8. The monoisotopic (exact) mass is 399 g/mol. The topological polar surface area (TPSA) is 131 Å². The Labute approximate surface area is 160 Å². The maximum Gasteiger partial charge on any atom is 0.268 e. The number of nitrogens with one attached hydrogen (secondary N) is 1. The summed E-state index contributed by atoms with van der Waals surface area (Å²) in [5.74, 6) is -1.34. The van der Waals surface area contributed by atoms with E-state index in [0.717, 1.165) is 5.56 Å². The third kappa shape index (κ3) is 2.67. The minimum Gasteiger partial charge on any atom is -0.506 e. The number of carbonyl (C=O) groups excluding carboxylic acids is 1. The maximum atomic E-state index is 13.0. The predicted octanol–water partition coefficient (Wildman–Crippen LogP) is 1.72. The zero-order chi connectivity index (χ0) is 20.2. The number of anilines is 1.